The molecule has 2 aromatic heterocycles. The van der Waals surface area contributed by atoms with Gasteiger partial charge in [0.05, 0.1) is 22.2 Å². The van der Waals surface area contributed by atoms with E-state index in [0.717, 1.165) is 48.1 Å². The van der Waals surface area contributed by atoms with Crippen LogP contribution >= 0.6 is 15.9 Å². The second kappa shape index (κ2) is 9.87. The van der Waals surface area contributed by atoms with Gasteiger partial charge in [-0.15, -0.1) is 0 Å². The summed E-state index contributed by atoms with van der Waals surface area (Å²) in [5, 5.41) is 0. The summed E-state index contributed by atoms with van der Waals surface area (Å²) in [5.74, 6) is 1.28. The lowest BCUT2D eigenvalue weighted by molar-refractivity contribution is 0.0624. The summed E-state index contributed by atoms with van der Waals surface area (Å²) in [5.41, 5.74) is 1.68. The Kier molecular flexibility index (Phi) is 7.25. The van der Waals surface area contributed by atoms with Crippen molar-refractivity contribution in [2.75, 3.05) is 13.6 Å². The first-order valence-electron chi connectivity index (χ1n) is 9.71. The van der Waals surface area contributed by atoms with Gasteiger partial charge in [-0.3, -0.25) is 0 Å². The minimum absolute atomic E-state index is 0.0752. The molecule has 0 bridgehead atoms. The first kappa shape index (κ1) is 20.6. The zero-order valence-electron chi connectivity index (χ0n) is 16.6. The maximum Gasteiger partial charge on any atom is 0.228 e. The SMILES string of the molecule is CCN(C)C=Nc1cc(Br)c(OC2CCCC(Oc3ccccn3)C2)nc1C. The van der Waals surface area contributed by atoms with Crippen molar-refractivity contribution in [3.05, 3.63) is 40.6 Å². The van der Waals surface area contributed by atoms with Gasteiger partial charge in [-0.25, -0.2) is 15.0 Å². The number of hydrogen-bond acceptors (Lipinski definition) is 5. The van der Waals surface area contributed by atoms with E-state index >= 15 is 0 Å². The summed E-state index contributed by atoms with van der Waals surface area (Å²) >= 11 is 3.58. The number of nitrogens with zero attached hydrogens (tertiary/aromatic N) is 4. The van der Waals surface area contributed by atoms with Crippen molar-refractivity contribution < 1.29 is 9.47 Å². The van der Waals surface area contributed by atoms with Gasteiger partial charge in [0, 0.05) is 32.3 Å². The van der Waals surface area contributed by atoms with Gasteiger partial charge in [0.2, 0.25) is 11.8 Å². The minimum Gasteiger partial charge on any atom is -0.474 e. The van der Waals surface area contributed by atoms with Gasteiger partial charge < -0.3 is 14.4 Å². The molecule has 150 valence electrons. The Labute approximate surface area is 175 Å². The molecule has 0 saturated heterocycles. The fourth-order valence-corrected chi connectivity index (χ4v) is 3.47. The van der Waals surface area contributed by atoms with E-state index in [1.54, 1.807) is 6.20 Å². The minimum atomic E-state index is 0.0752. The van der Waals surface area contributed by atoms with Crippen LogP contribution in [0.25, 0.3) is 0 Å². The highest BCUT2D eigenvalue weighted by Gasteiger charge is 2.26. The maximum absolute atomic E-state index is 6.22. The maximum atomic E-state index is 6.22. The van der Waals surface area contributed by atoms with Crippen molar-refractivity contribution in [3.63, 3.8) is 0 Å². The number of ether oxygens (including phenoxy) is 2. The highest BCUT2D eigenvalue weighted by molar-refractivity contribution is 9.10. The lowest BCUT2D eigenvalue weighted by Crippen LogP contribution is -2.32. The predicted molar refractivity (Wildman–Crippen MR) is 115 cm³/mol. The first-order valence-corrected chi connectivity index (χ1v) is 10.5. The van der Waals surface area contributed by atoms with E-state index in [0.29, 0.717) is 11.8 Å². The van der Waals surface area contributed by atoms with Gasteiger partial charge in [0.15, 0.2) is 0 Å². The Morgan fingerprint density at radius 2 is 2.07 bits per heavy atom. The van der Waals surface area contributed by atoms with Crippen LogP contribution in [0.1, 0.15) is 38.3 Å². The van der Waals surface area contributed by atoms with Crippen molar-refractivity contribution in [3.8, 4) is 11.8 Å². The fraction of sp³-hybridized carbons (Fsp3) is 0.476. The summed E-state index contributed by atoms with van der Waals surface area (Å²) in [6.45, 7) is 4.94. The lowest BCUT2D eigenvalue weighted by atomic mass is 9.95. The van der Waals surface area contributed by atoms with E-state index in [1.807, 2.05) is 49.5 Å². The number of aryl methyl sites for hydroxylation is 1. The molecule has 0 aromatic carbocycles. The first-order chi connectivity index (χ1) is 13.5. The van der Waals surface area contributed by atoms with Crippen molar-refractivity contribution in [1.29, 1.82) is 0 Å². The van der Waals surface area contributed by atoms with Crippen LogP contribution in [-0.2, 0) is 0 Å². The highest BCUT2D eigenvalue weighted by Crippen LogP contribution is 2.33. The zero-order chi connectivity index (χ0) is 19.9. The van der Waals surface area contributed by atoms with Crippen molar-refractivity contribution in [2.24, 2.45) is 4.99 Å². The van der Waals surface area contributed by atoms with Crippen molar-refractivity contribution in [1.82, 2.24) is 14.9 Å². The molecule has 6 nitrogen and oxygen atoms in total. The van der Waals surface area contributed by atoms with Crippen LogP contribution < -0.4 is 9.47 Å². The number of hydrogen-bond donors (Lipinski definition) is 0. The summed E-state index contributed by atoms with van der Waals surface area (Å²) < 4.78 is 13.0. The summed E-state index contributed by atoms with van der Waals surface area (Å²) in [6, 6.07) is 7.67. The van der Waals surface area contributed by atoms with E-state index in [1.165, 1.54) is 0 Å². The lowest BCUT2D eigenvalue weighted by Gasteiger charge is -2.29. The van der Waals surface area contributed by atoms with Crippen LogP contribution in [0.2, 0.25) is 0 Å². The normalized spacial score (nSPS) is 19.6. The van der Waals surface area contributed by atoms with Crippen LogP contribution in [0.15, 0.2) is 39.9 Å². The summed E-state index contributed by atoms with van der Waals surface area (Å²) in [4.78, 5) is 15.4. The predicted octanol–water partition coefficient (Wildman–Crippen LogP) is 4.93. The smallest absolute Gasteiger partial charge is 0.228 e. The van der Waals surface area contributed by atoms with Crippen LogP contribution in [-0.4, -0.2) is 47.0 Å². The molecule has 0 aliphatic heterocycles. The molecular formula is C21H27BrN4O2. The average Bonchev–Trinajstić information content (AvgIpc) is 2.70. The molecule has 1 aliphatic rings. The quantitative estimate of drug-likeness (QED) is 0.445. The molecule has 7 heteroatoms. The monoisotopic (exact) mass is 446 g/mol. The van der Waals surface area contributed by atoms with Gasteiger partial charge in [-0.2, -0.15) is 0 Å². The van der Waals surface area contributed by atoms with Gasteiger partial charge >= 0.3 is 0 Å². The Morgan fingerprint density at radius 1 is 1.29 bits per heavy atom. The molecule has 2 atom stereocenters. The molecule has 0 spiro atoms. The highest BCUT2D eigenvalue weighted by atomic mass is 79.9. The zero-order valence-corrected chi connectivity index (χ0v) is 18.2. The fourth-order valence-electron chi connectivity index (χ4n) is 3.07. The molecule has 0 radical (unpaired) electrons. The van der Waals surface area contributed by atoms with Crippen LogP contribution in [0, 0.1) is 6.92 Å². The molecule has 0 amide bonds. The Bertz CT molecular complexity index is 800. The Morgan fingerprint density at radius 3 is 2.79 bits per heavy atom. The Balaban J connectivity index is 1.64. The second-order valence-corrected chi connectivity index (χ2v) is 7.87. The third-order valence-electron chi connectivity index (χ3n) is 4.78. The topological polar surface area (TPSA) is 59.8 Å². The van der Waals surface area contributed by atoms with Gasteiger partial charge in [0.1, 0.15) is 12.2 Å². The van der Waals surface area contributed by atoms with E-state index in [9.17, 15) is 0 Å². The third kappa shape index (κ3) is 5.67. The molecule has 2 unspecified atom stereocenters. The van der Waals surface area contributed by atoms with Crippen molar-refractivity contribution >= 4 is 28.0 Å². The molecule has 1 saturated carbocycles. The molecule has 1 fully saturated rings. The van der Waals surface area contributed by atoms with Gasteiger partial charge in [-0.05, 0) is 61.2 Å². The van der Waals surface area contributed by atoms with Crippen LogP contribution in [0.4, 0.5) is 5.69 Å². The molecule has 0 N–H and O–H groups in total. The standard InChI is InChI=1S/C21H27BrN4O2/c1-4-26(3)14-24-19-13-18(22)21(25-15(19)2)28-17-9-7-8-16(12-17)27-20-10-5-6-11-23-20/h5-6,10-11,13-14,16-17H,4,7-9,12H2,1-3H3. The molecule has 28 heavy (non-hydrogen) atoms. The molecular weight excluding hydrogens is 420 g/mol. The van der Waals surface area contributed by atoms with Crippen LogP contribution in [0.5, 0.6) is 11.8 Å². The van der Waals surface area contributed by atoms with E-state index < -0.39 is 0 Å². The molecule has 2 aromatic rings. The summed E-state index contributed by atoms with van der Waals surface area (Å²) in [6.07, 6.45) is 7.65. The van der Waals surface area contributed by atoms with E-state index in [2.05, 4.69) is 37.8 Å². The second-order valence-electron chi connectivity index (χ2n) is 7.01. The van der Waals surface area contributed by atoms with E-state index in [-0.39, 0.29) is 12.2 Å². The van der Waals surface area contributed by atoms with E-state index in [4.69, 9.17) is 9.47 Å². The molecule has 3 rings (SSSR count). The van der Waals surface area contributed by atoms with Crippen molar-refractivity contribution in [2.45, 2.75) is 51.7 Å². The Hall–Kier alpha value is -2.15. The third-order valence-corrected chi connectivity index (χ3v) is 5.35. The summed E-state index contributed by atoms with van der Waals surface area (Å²) in [7, 11) is 1.99. The number of rotatable bonds is 7. The van der Waals surface area contributed by atoms with Gasteiger partial charge in [0.25, 0.3) is 0 Å². The number of pyridine rings is 2. The van der Waals surface area contributed by atoms with Gasteiger partial charge in [-0.1, -0.05) is 6.07 Å². The molecule has 2 heterocycles. The largest absolute Gasteiger partial charge is 0.474 e. The average molecular weight is 447 g/mol. The molecule has 1 aliphatic carbocycles. The number of halogens is 1. The number of aliphatic imine (C=N–C) groups is 1. The number of aromatic nitrogens is 2. The van der Waals surface area contributed by atoms with Crippen LogP contribution in [0.3, 0.4) is 0 Å².